The van der Waals surface area contributed by atoms with E-state index in [4.69, 9.17) is 0 Å². The molecule has 1 aliphatic heterocycles. The van der Waals surface area contributed by atoms with Crippen LogP contribution in [0, 0.1) is 11.6 Å². The third kappa shape index (κ3) is 2.41. The summed E-state index contributed by atoms with van der Waals surface area (Å²) in [7, 11) is 0. The van der Waals surface area contributed by atoms with Gasteiger partial charge in [0.2, 0.25) is 11.8 Å². The molecule has 0 spiro atoms. The predicted octanol–water partition coefficient (Wildman–Crippen LogP) is 1.18. The number of amides is 2. The third-order valence-electron chi connectivity index (χ3n) is 2.52. The molecule has 1 fully saturated rings. The van der Waals surface area contributed by atoms with Crippen LogP contribution in [0.4, 0.5) is 14.5 Å². The van der Waals surface area contributed by atoms with Gasteiger partial charge in [0, 0.05) is 6.42 Å². The van der Waals surface area contributed by atoms with Crippen molar-refractivity contribution in [1.29, 1.82) is 0 Å². The Labute approximate surface area is 96.0 Å². The van der Waals surface area contributed by atoms with E-state index in [-0.39, 0.29) is 12.3 Å². The van der Waals surface area contributed by atoms with Gasteiger partial charge in [-0.05, 0) is 18.6 Å². The van der Waals surface area contributed by atoms with Crippen LogP contribution in [0.5, 0.6) is 0 Å². The van der Waals surface area contributed by atoms with Crippen molar-refractivity contribution >= 4 is 17.5 Å². The first-order chi connectivity index (χ1) is 8.08. The maximum atomic E-state index is 13.2. The van der Waals surface area contributed by atoms with Gasteiger partial charge in [-0.15, -0.1) is 0 Å². The van der Waals surface area contributed by atoms with Gasteiger partial charge in [-0.1, -0.05) is 6.07 Å². The molecule has 1 aromatic rings. The Morgan fingerprint density at radius 3 is 2.53 bits per heavy atom. The summed E-state index contributed by atoms with van der Waals surface area (Å²) in [5.41, 5.74) is -0.487. The van der Waals surface area contributed by atoms with Crippen molar-refractivity contribution in [3.8, 4) is 0 Å². The van der Waals surface area contributed by atoms with Crippen molar-refractivity contribution in [3.05, 3.63) is 29.8 Å². The Hall–Kier alpha value is -1.98. The van der Waals surface area contributed by atoms with Crippen LogP contribution in [0.2, 0.25) is 0 Å². The van der Waals surface area contributed by atoms with Crippen molar-refractivity contribution in [1.82, 2.24) is 5.32 Å². The molecule has 1 heterocycles. The number of benzene rings is 1. The van der Waals surface area contributed by atoms with Crippen LogP contribution >= 0.6 is 0 Å². The lowest BCUT2D eigenvalue weighted by Gasteiger charge is -2.11. The number of nitrogens with one attached hydrogen (secondary N) is 2. The lowest BCUT2D eigenvalue weighted by Crippen LogP contribution is -2.37. The summed E-state index contributed by atoms with van der Waals surface area (Å²) in [6, 6.07) is 2.58. The standard InChI is InChI=1S/C11H10F2N2O2/c12-6-2-1-3-7(13)10(6)15-11(17)8-4-5-9(16)14-8/h1-3,8H,4-5H2,(H,14,16)(H,15,17). The van der Waals surface area contributed by atoms with Gasteiger partial charge in [0.05, 0.1) is 0 Å². The van der Waals surface area contributed by atoms with E-state index in [9.17, 15) is 18.4 Å². The van der Waals surface area contributed by atoms with Crippen molar-refractivity contribution in [2.24, 2.45) is 0 Å². The first-order valence-corrected chi connectivity index (χ1v) is 5.12. The maximum Gasteiger partial charge on any atom is 0.247 e. The molecule has 1 aromatic carbocycles. The van der Waals surface area contributed by atoms with Gasteiger partial charge in [-0.3, -0.25) is 9.59 Å². The van der Waals surface area contributed by atoms with E-state index in [0.717, 1.165) is 12.1 Å². The molecule has 1 saturated heterocycles. The fourth-order valence-corrected chi connectivity index (χ4v) is 1.64. The van der Waals surface area contributed by atoms with Gasteiger partial charge in [0.1, 0.15) is 23.4 Å². The first-order valence-electron chi connectivity index (χ1n) is 5.12. The molecular weight excluding hydrogens is 230 g/mol. The van der Waals surface area contributed by atoms with E-state index in [1.807, 2.05) is 0 Å². The number of carbonyl (C=O) groups excluding carboxylic acids is 2. The fraction of sp³-hybridized carbons (Fsp3) is 0.273. The SMILES string of the molecule is O=C1CCC(C(=O)Nc2c(F)cccc2F)N1. The van der Waals surface area contributed by atoms with E-state index in [0.29, 0.717) is 6.42 Å². The van der Waals surface area contributed by atoms with Crippen molar-refractivity contribution in [3.63, 3.8) is 0 Å². The summed E-state index contributed by atoms with van der Waals surface area (Å²) < 4.78 is 26.5. The molecular formula is C11H10F2N2O2. The highest BCUT2D eigenvalue weighted by Crippen LogP contribution is 2.19. The number of rotatable bonds is 2. The van der Waals surface area contributed by atoms with E-state index >= 15 is 0 Å². The maximum absolute atomic E-state index is 13.2. The van der Waals surface area contributed by atoms with Gasteiger partial charge in [0.25, 0.3) is 0 Å². The van der Waals surface area contributed by atoms with Crippen LogP contribution in [0.15, 0.2) is 18.2 Å². The zero-order chi connectivity index (χ0) is 12.4. The molecule has 90 valence electrons. The summed E-state index contributed by atoms with van der Waals surface area (Å²) in [4.78, 5) is 22.5. The van der Waals surface area contributed by atoms with E-state index in [1.165, 1.54) is 6.07 Å². The molecule has 17 heavy (non-hydrogen) atoms. The topological polar surface area (TPSA) is 58.2 Å². The van der Waals surface area contributed by atoms with Gasteiger partial charge < -0.3 is 10.6 Å². The molecule has 1 atom stereocenters. The number of carbonyl (C=O) groups is 2. The largest absolute Gasteiger partial charge is 0.344 e. The van der Waals surface area contributed by atoms with Gasteiger partial charge in [-0.25, -0.2) is 8.78 Å². The van der Waals surface area contributed by atoms with E-state index < -0.39 is 29.3 Å². The van der Waals surface area contributed by atoms with Crippen molar-refractivity contribution in [2.75, 3.05) is 5.32 Å². The zero-order valence-electron chi connectivity index (χ0n) is 8.80. The molecule has 0 bridgehead atoms. The first kappa shape index (κ1) is 11.5. The number of halogens is 2. The van der Waals surface area contributed by atoms with Crippen LogP contribution < -0.4 is 10.6 Å². The van der Waals surface area contributed by atoms with Gasteiger partial charge >= 0.3 is 0 Å². The highest BCUT2D eigenvalue weighted by Gasteiger charge is 2.28. The number of hydrogen-bond acceptors (Lipinski definition) is 2. The third-order valence-corrected chi connectivity index (χ3v) is 2.52. The molecule has 6 heteroatoms. The molecule has 0 aromatic heterocycles. The smallest absolute Gasteiger partial charge is 0.247 e. The second-order valence-electron chi connectivity index (χ2n) is 3.74. The minimum atomic E-state index is -0.845. The lowest BCUT2D eigenvalue weighted by atomic mass is 10.2. The normalized spacial score (nSPS) is 18.9. The Morgan fingerprint density at radius 2 is 2.00 bits per heavy atom. The van der Waals surface area contributed by atoms with Crippen LogP contribution in [0.1, 0.15) is 12.8 Å². The van der Waals surface area contributed by atoms with Crippen LogP contribution in [-0.4, -0.2) is 17.9 Å². The quantitative estimate of drug-likeness (QED) is 0.815. The number of anilines is 1. The Kier molecular flexibility index (Phi) is 3.03. The predicted molar refractivity (Wildman–Crippen MR) is 56.2 cm³/mol. The minimum absolute atomic E-state index is 0.237. The summed E-state index contributed by atoms with van der Waals surface area (Å²) in [5, 5.41) is 4.55. The molecule has 2 N–H and O–H groups in total. The van der Waals surface area contributed by atoms with Gasteiger partial charge in [0.15, 0.2) is 0 Å². The van der Waals surface area contributed by atoms with Crippen LogP contribution in [0.25, 0.3) is 0 Å². The van der Waals surface area contributed by atoms with Crippen LogP contribution in [-0.2, 0) is 9.59 Å². The summed E-state index contributed by atoms with van der Waals surface area (Å²) >= 11 is 0. The molecule has 0 radical (unpaired) electrons. The highest BCUT2D eigenvalue weighted by molar-refractivity contribution is 5.99. The Morgan fingerprint density at radius 1 is 1.35 bits per heavy atom. The molecule has 1 aliphatic rings. The lowest BCUT2D eigenvalue weighted by molar-refractivity contribution is -0.122. The van der Waals surface area contributed by atoms with E-state index in [2.05, 4.69) is 10.6 Å². The average molecular weight is 240 g/mol. The van der Waals surface area contributed by atoms with Crippen LogP contribution in [0.3, 0.4) is 0 Å². The molecule has 4 nitrogen and oxygen atoms in total. The molecule has 0 aliphatic carbocycles. The average Bonchev–Trinajstić information content (AvgIpc) is 2.70. The Bertz CT molecular complexity index is 456. The summed E-state index contributed by atoms with van der Waals surface area (Å²) in [6.45, 7) is 0. The second-order valence-corrected chi connectivity index (χ2v) is 3.74. The van der Waals surface area contributed by atoms with E-state index in [1.54, 1.807) is 0 Å². The van der Waals surface area contributed by atoms with Gasteiger partial charge in [-0.2, -0.15) is 0 Å². The number of para-hydroxylation sites is 1. The highest BCUT2D eigenvalue weighted by atomic mass is 19.1. The fourth-order valence-electron chi connectivity index (χ4n) is 1.64. The Balaban J connectivity index is 2.11. The molecule has 2 rings (SSSR count). The summed E-state index contributed by atoms with van der Waals surface area (Å²) in [6.07, 6.45) is 0.582. The molecule has 1 unspecified atom stereocenters. The monoisotopic (exact) mass is 240 g/mol. The minimum Gasteiger partial charge on any atom is -0.344 e. The summed E-state index contributed by atoms with van der Waals surface area (Å²) in [5.74, 6) is -2.54. The number of hydrogen-bond donors (Lipinski definition) is 2. The van der Waals surface area contributed by atoms with Crippen molar-refractivity contribution < 1.29 is 18.4 Å². The molecule has 2 amide bonds. The zero-order valence-corrected chi connectivity index (χ0v) is 8.80. The van der Waals surface area contributed by atoms with Crippen molar-refractivity contribution in [2.45, 2.75) is 18.9 Å². The second kappa shape index (κ2) is 4.48. The molecule has 0 saturated carbocycles.